The number of nitrogens with one attached hydrogen (secondary N) is 1. The van der Waals surface area contributed by atoms with E-state index in [1.54, 1.807) is 35.2 Å². The summed E-state index contributed by atoms with van der Waals surface area (Å²) < 4.78 is 11.1. The Balaban J connectivity index is 1.70. The SMILES string of the molecule is COc1cc(/C=C/C(=O)Nc2cccc(N3CCCC3=O)c2)cc(Cl)c1OC(C)C. The molecule has 0 unspecified atom stereocenters. The fourth-order valence-electron chi connectivity index (χ4n) is 3.21. The van der Waals surface area contributed by atoms with Gasteiger partial charge in [0, 0.05) is 30.4 Å². The zero-order chi connectivity index (χ0) is 21.7. The number of hydrogen-bond acceptors (Lipinski definition) is 4. The number of carbonyl (C=O) groups is 2. The van der Waals surface area contributed by atoms with Crippen LogP contribution in [0.4, 0.5) is 11.4 Å². The lowest BCUT2D eigenvalue weighted by molar-refractivity contribution is -0.117. The van der Waals surface area contributed by atoms with Gasteiger partial charge in [0.15, 0.2) is 11.5 Å². The standard InChI is InChI=1S/C23H25ClN2O4/c1-15(2)30-23-19(24)12-16(13-20(23)29-3)9-10-21(27)25-17-6-4-7-18(14-17)26-11-5-8-22(26)28/h4,6-7,9-10,12-15H,5,8,11H2,1-3H3,(H,25,27)/b10-9+. The van der Waals surface area contributed by atoms with Crippen molar-refractivity contribution in [3.05, 3.63) is 53.1 Å². The molecule has 0 aromatic heterocycles. The van der Waals surface area contributed by atoms with Crippen LogP contribution in [-0.4, -0.2) is 31.6 Å². The molecular weight excluding hydrogens is 404 g/mol. The van der Waals surface area contributed by atoms with Gasteiger partial charge >= 0.3 is 0 Å². The molecule has 3 rings (SSSR count). The molecule has 0 radical (unpaired) electrons. The average molecular weight is 429 g/mol. The van der Waals surface area contributed by atoms with Crippen LogP contribution in [0.2, 0.25) is 5.02 Å². The summed E-state index contributed by atoms with van der Waals surface area (Å²) in [4.78, 5) is 26.0. The van der Waals surface area contributed by atoms with Crippen molar-refractivity contribution in [2.24, 2.45) is 0 Å². The maximum atomic E-state index is 12.4. The number of benzene rings is 2. The lowest BCUT2D eigenvalue weighted by Gasteiger charge is -2.16. The fourth-order valence-corrected chi connectivity index (χ4v) is 3.48. The van der Waals surface area contributed by atoms with E-state index in [1.165, 1.54) is 13.2 Å². The van der Waals surface area contributed by atoms with Gasteiger partial charge < -0.3 is 19.7 Å². The minimum absolute atomic E-state index is 0.0461. The van der Waals surface area contributed by atoms with Gasteiger partial charge in [0.25, 0.3) is 0 Å². The van der Waals surface area contributed by atoms with E-state index in [0.29, 0.717) is 40.7 Å². The van der Waals surface area contributed by atoms with E-state index in [9.17, 15) is 9.59 Å². The lowest BCUT2D eigenvalue weighted by atomic mass is 10.1. The zero-order valence-electron chi connectivity index (χ0n) is 17.3. The summed E-state index contributed by atoms with van der Waals surface area (Å²) >= 11 is 6.32. The molecule has 1 fully saturated rings. The molecule has 2 aromatic rings. The molecule has 1 N–H and O–H groups in total. The second-order valence-corrected chi connectivity index (χ2v) is 7.63. The molecular formula is C23H25ClN2O4. The Morgan fingerprint density at radius 3 is 2.73 bits per heavy atom. The smallest absolute Gasteiger partial charge is 0.248 e. The number of nitrogens with zero attached hydrogens (tertiary/aromatic N) is 1. The van der Waals surface area contributed by atoms with Crippen molar-refractivity contribution >= 4 is 40.9 Å². The van der Waals surface area contributed by atoms with Gasteiger partial charge in [-0.3, -0.25) is 9.59 Å². The maximum Gasteiger partial charge on any atom is 0.248 e. The Labute approximate surface area is 181 Å². The first-order valence-electron chi connectivity index (χ1n) is 9.81. The molecule has 0 aliphatic carbocycles. The van der Waals surface area contributed by atoms with Gasteiger partial charge in [-0.1, -0.05) is 17.7 Å². The number of carbonyl (C=O) groups excluding carboxylic acids is 2. The molecule has 1 aliphatic rings. The number of hydrogen-bond donors (Lipinski definition) is 1. The van der Waals surface area contributed by atoms with Gasteiger partial charge in [0.2, 0.25) is 11.8 Å². The van der Waals surface area contributed by atoms with Crippen LogP contribution in [0, 0.1) is 0 Å². The largest absolute Gasteiger partial charge is 0.493 e. The number of ether oxygens (including phenoxy) is 2. The van der Waals surface area contributed by atoms with Crippen LogP contribution in [0.3, 0.4) is 0 Å². The van der Waals surface area contributed by atoms with Gasteiger partial charge in [-0.05, 0) is 62.2 Å². The molecule has 1 saturated heterocycles. The summed E-state index contributed by atoms with van der Waals surface area (Å²) in [5.41, 5.74) is 2.12. The molecule has 0 saturated carbocycles. The highest BCUT2D eigenvalue weighted by atomic mass is 35.5. The number of methoxy groups -OCH3 is 1. The van der Waals surface area contributed by atoms with Crippen LogP contribution in [0.15, 0.2) is 42.5 Å². The van der Waals surface area contributed by atoms with E-state index in [1.807, 2.05) is 26.0 Å². The molecule has 0 atom stereocenters. The van der Waals surface area contributed by atoms with E-state index in [4.69, 9.17) is 21.1 Å². The van der Waals surface area contributed by atoms with E-state index in [2.05, 4.69) is 5.32 Å². The molecule has 0 spiro atoms. The summed E-state index contributed by atoms with van der Waals surface area (Å²) in [7, 11) is 1.54. The summed E-state index contributed by atoms with van der Waals surface area (Å²) in [5.74, 6) is 0.787. The number of halogens is 1. The summed E-state index contributed by atoms with van der Waals surface area (Å²) in [5, 5.41) is 3.23. The van der Waals surface area contributed by atoms with Gasteiger partial charge in [0.05, 0.1) is 18.2 Å². The Morgan fingerprint density at radius 1 is 1.27 bits per heavy atom. The third-order valence-electron chi connectivity index (χ3n) is 4.53. The van der Waals surface area contributed by atoms with Crippen LogP contribution in [0.25, 0.3) is 6.08 Å². The molecule has 0 bridgehead atoms. The van der Waals surface area contributed by atoms with E-state index in [-0.39, 0.29) is 17.9 Å². The summed E-state index contributed by atoms with van der Waals surface area (Å²) in [6.07, 6.45) is 4.44. The Kier molecular flexibility index (Phi) is 7.00. The highest BCUT2D eigenvalue weighted by Gasteiger charge is 2.21. The van der Waals surface area contributed by atoms with Crippen molar-refractivity contribution in [1.29, 1.82) is 0 Å². The predicted molar refractivity (Wildman–Crippen MR) is 119 cm³/mol. The second kappa shape index (κ2) is 9.67. The van der Waals surface area contributed by atoms with Gasteiger partial charge in [-0.25, -0.2) is 0 Å². The lowest BCUT2D eigenvalue weighted by Crippen LogP contribution is -2.23. The number of rotatable bonds is 7. The second-order valence-electron chi connectivity index (χ2n) is 7.22. The molecule has 1 aliphatic heterocycles. The van der Waals surface area contributed by atoms with Gasteiger partial charge in [-0.15, -0.1) is 0 Å². The molecule has 30 heavy (non-hydrogen) atoms. The van der Waals surface area contributed by atoms with Crippen LogP contribution >= 0.6 is 11.6 Å². The third-order valence-corrected chi connectivity index (χ3v) is 4.81. The zero-order valence-corrected chi connectivity index (χ0v) is 18.0. The van der Waals surface area contributed by atoms with Crippen LogP contribution in [-0.2, 0) is 9.59 Å². The molecule has 1 heterocycles. The van der Waals surface area contributed by atoms with Crippen LogP contribution in [0.5, 0.6) is 11.5 Å². The predicted octanol–water partition coefficient (Wildman–Crippen LogP) is 4.91. The molecule has 2 aromatic carbocycles. The fraction of sp³-hybridized carbons (Fsp3) is 0.304. The van der Waals surface area contributed by atoms with E-state index >= 15 is 0 Å². The molecule has 6 nitrogen and oxygen atoms in total. The monoisotopic (exact) mass is 428 g/mol. The molecule has 2 amide bonds. The van der Waals surface area contributed by atoms with Crippen molar-refractivity contribution in [2.75, 3.05) is 23.9 Å². The summed E-state index contributed by atoms with van der Waals surface area (Å²) in [6, 6.07) is 10.7. The first-order valence-corrected chi connectivity index (χ1v) is 10.2. The average Bonchev–Trinajstić information content (AvgIpc) is 3.14. The minimum atomic E-state index is -0.294. The van der Waals surface area contributed by atoms with Gasteiger partial charge in [0.1, 0.15) is 0 Å². The van der Waals surface area contributed by atoms with Crippen molar-refractivity contribution in [2.45, 2.75) is 32.8 Å². The maximum absolute atomic E-state index is 12.4. The van der Waals surface area contributed by atoms with Crippen molar-refractivity contribution in [1.82, 2.24) is 0 Å². The highest BCUT2D eigenvalue weighted by molar-refractivity contribution is 6.32. The van der Waals surface area contributed by atoms with Crippen molar-refractivity contribution in [3.63, 3.8) is 0 Å². The minimum Gasteiger partial charge on any atom is -0.493 e. The quantitative estimate of drug-likeness (QED) is 0.636. The molecule has 7 heteroatoms. The molecule has 158 valence electrons. The highest BCUT2D eigenvalue weighted by Crippen LogP contribution is 2.37. The van der Waals surface area contributed by atoms with Crippen molar-refractivity contribution < 1.29 is 19.1 Å². The number of anilines is 2. The first kappa shape index (κ1) is 21.7. The Bertz CT molecular complexity index is 972. The first-order chi connectivity index (χ1) is 14.4. The van der Waals surface area contributed by atoms with E-state index < -0.39 is 0 Å². The van der Waals surface area contributed by atoms with Crippen LogP contribution in [0.1, 0.15) is 32.3 Å². The third kappa shape index (κ3) is 5.33. The van der Waals surface area contributed by atoms with Gasteiger partial charge in [-0.2, -0.15) is 0 Å². The topological polar surface area (TPSA) is 67.9 Å². The Morgan fingerprint density at radius 2 is 2.07 bits per heavy atom. The Hall–Kier alpha value is -2.99. The normalized spacial score (nSPS) is 13.9. The summed E-state index contributed by atoms with van der Waals surface area (Å²) in [6.45, 7) is 4.51. The van der Waals surface area contributed by atoms with Crippen molar-refractivity contribution in [3.8, 4) is 11.5 Å². The number of amides is 2. The van der Waals surface area contributed by atoms with Crippen LogP contribution < -0.4 is 19.7 Å². The van der Waals surface area contributed by atoms with E-state index in [0.717, 1.165) is 12.1 Å².